The van der Waals surface area contributed by atoms with Crippen LogP contribution in [0.4, 0.5) is 0 Å². The van der Waals surface area contributed by atoms with Crippen LogP contribution in [0.1, 0.15) is 15.9 Å². The van der Waals surface area contributed by atoms with Crippen LogP contribution in [0.25, 0.3) is 5.76 Å². The van der Waals surface area contributed by atoms with Gasteiger partial charge >= 0.3 is 5.97 Å². The van der Waals surface area contributed by atoms with Gasteiger partial charge in [0.15, 0.2) is 0 Å². The Morgan fingerprint density at radius 1 is 1.19 bits per heavy atom. The van der Waals surface area contributed by atoms with Crippen molar-refractivity contribution in [3.8, 4) is 0 Å². The summed E-state index contributed by atoms with van der Waals surface area (Å²) in [5, 5.41) is 0. The fourth-order valence-electron chi connectivity index (χ4n) is 1.22. The first-order chi connectivity index (χ1) is 7.72. The number of nitrogens with zero attached hydrogens (tertiary/aromatic N) is 1. The third kappa shape index (κ3) is 2.70. The molecule has 4 heteroatoms. The largest absolute Gasteiger partial charge is 0.495 e. The number of rotatable bonds is 4. The number of benzene rings is 1. The van der Waals surface area contributed by atoms with E-state index in [-0.39, 0.29) is 5.97 Å². The zero-order valence-electron chi connectivity index (χ0n) is 9.27. The van der Waals surface area contributed by atoms with E-state index in [0.717, 1.165) is 5.56 Å². The molecule has 0 amide bonds. The molecule has 0 aromatic heterocycles. The lowest BCUT2D eigenvalue weighted by molar-refractivity contribution is 0.0600. The second kappa shape index (κ2) is 5.70. The van der Waals surface area contributed by atoms with Gasteiger partial charge in [-0.3, -0.25) is 4.99 Å². The first-order valence-electron chi connectivity index (χ1n) is 4.61. The Morgan fingerprint density at radius 2 is 1.75 bits per heavy atom. The van der Waals surface area contributed by atoms with E-state index in [1.807, 2.05) is 0 Å². The van der Waals surface area contributed by atoms with Crippen LogP contribution in [0, 0.1) is 0 Å². The first kappa shape index (κ1) is 12.0. The van der Waals surface area contributed by atoms with Crippen molar-refractivity contribution in [1.82, 2.24) is 0 Å². The molecule has 0 N–H and O–H groups in total. The molecule has 0 atom stereocenters. The Balaban J connectivity index is 2.98. The van der Waals surface area contributed by atoms with Crippen LogP contribution in [0.3, 0.4) is 0 Å². The lowest BCUT2D eigenvalue weighted by Gasteiger charge is -2.05. The van der Waals surface area contributed by atoms with Crippen molar-refractivity contribution in [3.63, 3.8) is 0 Å². The first-order valence-corrected chi connectivity index (χ1v) is 4.61. The van der Waals surface area contributed by atoms with Crippen LogP contribution < -0.4 is 0 Å². The zero-order valence-corrected chi connectivity index (χ0v) is 9.27. The maximum Gasteiger partial charge on any atom is 0.337 e. The molecule has 0 spiro atoms. The van der Waals surface area contributed by atoms with Crippen LogP contribution in [-0.2, 0) is 9.47 Å². The second-order valence-electron chi connectivity index (χ2n) is 2.95. The Hall–Kier alpha value is -2.10. The van der Waals surface area contributed by atoms with E-state index in [1.54, 1.807) is 31.4 Å². The second-order valence-corrected chi connectivity index (χ2v) is 2.95. The summed E-state index contributed by atoms with van der Waals surface area (Å²) in [5.74, 6) is 0.225. The molecule has 84 valence electrons. The van der Waals surface area contributed by atoms with E-state index < -0.39 is 0 Å². The van der Waals surface area contributed by atoms with Crippen molar-refractivity contribution in [2.45, 2.75) is 0 Å². The van der Waals surface area contributed by atoms with E-state index in [2.05, 4.69) is 16.4 Å². The maximum absolute atomic E-state index is 11.2. The highest BCUT2D eigenvalue weighted by Gasteiger charge is 2.06. The number of hydrogen-bond donors (Lipinski definition) is 0. The van der Waals surface area contributed by atoms with Crippen molar-refractivity contribution >= 4 is 18.4 Å². The van der Waals surface area contributed by atoms with Gasteiger partial charge in [-0.05, 0) is 18.9 Å². The van der Waals surface area contributed by atoms with Crippen LogP contribution in [0.2, 0.25) is 0 Å². The number of methoxy groups -OCH3 is 2. The van der Waals surface area contributed by atoms with Gasteiger partial charge in [-0.15, -0.1) is 0 Å². The van der Waals surface area contributed by atoms with Crippen LogP contribution in [-0.4, -0.2) is 26.9 Å². The molecule has 0 aliphatic rings. The summed E-state index contributed by atoms with van der Waals surface area (Å²) >= 11 is 0. The third-order valence-electron chi connectivity index (χ3n) is 2.02. The Labute approximate surface area is 94.2 Å². The van der Waals surface area contributed by atoms with Gasteiger partial charge in [0.1, 0.15) is 5.76 Å². The monoisotopic (exact) mass is 219 g/mol. The van der Waals surface area contributed by atoms with E-state index in [4.69, 9.17) is 4.74 Å². The highest BCUT2D eigenvalue weighted by Crippen LogP contribution is 2.16. The highest BCUT2D eigenvalue weighted by molar-refractivity contribution is 5.89. The minimum Gasteiger partial charge on any atom is -0.495 e. The molecule has 0 fully saturated rings. The fourth-order valence-corrected chi connectivity index (χ4v) is 1.22. The van der Waals surface area contributed by atoms with Crippen molar-refractivity contribution in [1.29, 1.82) is 0 Å². The molecule has 4 nitrogen and oxygen atoms in total. The lowest BCUT2D eigenvalue weighted by atomic mass is 10.1. The van der Waals surface area contributed by atoms with Gasteiger partial charge in [-0.2, -0.15) is 0 Å². The van der Waals surface area contributed by atoms with Gasteiger partial charge < -0.3 is 9.47 Å². The van der Waals surface area contributed by atoms with Crippen LogP contribution >= 0.6 is 0 Å². The minimum absolute atomic E-state index is 0.364. The number of ether oxygens (including phenoxy) is 2. The molecule has 0 saturated carbocycles. The molecule has 0 unspecified atom stereocenters. The predicted octanol–water partition coefficient (Wildman–Crippen LogP) is 2.12. The lowest BCUT2D eigenvalue weighted by Crippen LogP contribution is -2.00. The molecule has 1 rings (SSSR count). The summed E-state index contributed by atoms with van der Waals surface area (Å²) < 4.78 is 9.71. The van der Waals surface area contributed by atoms with Crippen molar-refractivity contribution in [2.75, 3.05) is 14.2 Å². The van der Waals surface area contributed by atoms with Crippen LogP contribution in [0.15, 0.2) is 35.5 Å². The van der Waals surface area contributed by atoms with Crippen molar-refractivity contribution in [3.05, 3.63) is 41.6 Å². The summed E-state index contributed by atoms with van der Waals surface area (Å²) in [7, 11) is 2.89. The third-order valence-corrected chi connectivity index (χ3v) is 2.02. The van der Waals surface area contributed by atoms with Crippen LogP contribution in [0.5, 0.6) is 0 Å². The Kier molecular flexibility index (Phi) is 4.27. The number of hydrogen-bond acceptors (Lipinski definition) is 4. The molecular weight excluding hydrogens is 206 g/mol. The normalized spacial score (nSPS) is 10.8. The molecule has 0 saturated heterocycles. The van der Waals surface area contributed by atoms with E-state index in [1.165, 1.54) is 13.3 Å². The number of carbonyl (C=O) groups excluding carboxylic acids is 1. The molecule has 1 aromatic carbocycles. The Morgan fingerprint density at radius 3 is 2.19 bits per heavy atom. The summed E-state index contributed by atoms with van der Waals surface area (Å²) in [6.07, 6.45) is 1.51. The van der Waals surface area contributed by atoms with E-state index in [9.17, 15) is 4.79 Å². The number of carbonyl (C=O) groups is 1. The van der Waals surface area contributed by atoms with Gasteiger partial charge in [0.2, 0.25) is 0 Å². The summed E-state index contributed by atoms with van der Waals surface area (Å²) in [6, 6.07) is 6.84. The summed E-state index contributed by atoms with van der Waals surface area (Å²) in [6.45, 7) is 3.35. The topological polar surface area (TPSA) is 47.9 Å². The predicted molar refractivity (Wildman–Crippen MR) is 62.3 cm³/mol. The maximum atomic E-state index is 11.2. The summed E-state index contributed by atoms with van der Waals surface area (Å²) in [4.78, 5) is 14.8. The average molecular weight is 219 g/mol. The molecule has 16 heavy (non-hydrogen) atoms. The quantitative estimate of drug-likeness (QED) is 0.442. The minimum atomic E-state index is -0.364. The van der Waals surface area contributed by atoms with Gasteiger partial charge in [0.25, 0.3) is 0 Å². The van der Waals surface area contributed by atoms with Crippen molar-refractivity contribution < 1.29 is 14.3 Å². The molecule has 0 bridgehead atoms. The van der Waals surface area contributed by atoms with Gasteiger partial charge in [0, 0.05) is 5.56 Å². The SMILES string of the molecule is C=N/C=C(\OC)c1ccc(C(=O)OC)cc1. The zero-order chi connectivity index (χ0) is 12.0. The molecule has 0 radical (unpaired) electrons. The fraction of sp³-hybridized carbons (Fsp3) is 0.167. The van der Waals surface area contributed by atoms with Crippen molar-refractivity contribution in [2.24, 2.45) is 4.99 Å². The molecule has 0 heterocycles. The highest BCUT2D eigenvalue weighted by atomic mass is 16.5. The smallest absolute Gasteiger partial charge is 0.337 e. The number of aliphatic imine (C=N–C) groups is 1. The molecular formula is C12H13NO3. The van der Waals surface area contributed by atoms with Gasteiger partial charge in [0.05, 0.1) is 26.0 Å². The standard InChI is InChI=1S/C12H13NO3/c1-13-8-11(15-2)9-4-6-10(7-5-9)12(14)16-3/h4-8H,1H2,2-3H3/b11-8-. The Bertz CT molecular complexity index is 407. The van der Waals surface area contributed by atoms with Gasteiger partial charge in [-0.25, -0.2) is 4.79 Å². The molecule has 1 aromatic rings. The van der Waals surface area contributed by atoms with Gasteiger partial charge in [-0.1, -0.05) is 12.1 Å². The van der Waals surface area contributed by atoms with E-state index >= 15 is 0 Å². The van der Waals surface area contributed by atoms with E-state index in [0.29, 0.717) is 11.3 Å². The number of esters is 1. The molecule has 0 aliphatic carbocycles. The molecule has 0 aliphatic heterocycles. The summed E-state index contributed by atoms with van der Waals surface area (Å²) in [5.41, 5.74) is 1.32. The average Bonchev–Trinajstić information content (AvgIpc) is 2.35.